The SMILES string of the molecule is CCC(C(N)=O)N(Cc1nc2ccccc2[nH]1)C1CCCc2cccnc21. The molecule has 6 nitrogen and oxygen atoms in total. The lowest BCUT2D eigenvalue weighted by molar-refractivity contribution is -0.125. The van der Waals surface area contributed by atoms with E-state index in [0.29, 0.717) is 13.0 Å². The van der Waals surface area contributed by atoms with Gasteiger partial charge in [0.05, 0.1) is 35.4 Å². The highest BCUT2D eigenvalue weighted by Crippen LogP contribution is 2.35. The van der Waals surface area contributed by atoms with Gasteiger partial charge in [0.15, 0.2) is 0 Å². The number of nitrogens with zero attached hydrogens (tertiary/aromatic N) is 3. The molecule has 4 rings (SSSR count). The number of rotatable bonds is 6. The van der Waals surface area contributed by atoms with Crippen LogP contribution in [0.5, 0.6) is 0 Å². The van der Waals surface area contributed by atoms with Crippen molar-refractivity contribution in [3.05, 3.63) is 59.7 Å². The van der Waals surface area contributed by atoms with E-state index >= 15 is 0 Å². The highest BCUT2D eigenvalue weighted by atomic mass is 16.1. The molecule has 0 saturated carbocycles. The molecule has 2 atom stereocenters. The van der Waals surface area contributed by atoms with E-state index in [4.69, 9.17) is 10.7 Å². The van der Waals surface area contributed by atoms with Crippen LogP contribution in [0.15, 0.2) is 42.6 Å². The van der Waals surface area contributed by atoms with Crippen molar-refractivity contribution in [1.82, 2.24) is 19.9 Å². The number of benzene rings is 1. The van der Waals surface area contributed by atoms with Gasteiger partial charge in [-0.2, -0.15) is 0 Å². The molecule has 0 fully saturated rings. The minimum atomic E-state index is -0.351. The molecule has 140 valence electrons. The number of imidazole rings is 1. The van der Waals surface area contributed by atoms with Gasteiger partial charge < -0.3 is 10.7 Å². The third-order valence-corrected chi connectivity index (χ3v) is 5.45. The molecule has 1 amide bonds. The monoisotopic (exact) mass is 363 g/mol. The van der Waals surface area contributed by atoms with Gasteiger partial charge in [-0.3, -0.25) is 14.7 Å². The second-order valence-corrected chi connectivity index (χ2v) is 7.16. The second-order valence-electron chi connectivity index (χ2n) is 7.16. The van der Waals surface area contributed by atoms with E-state index in [1.807, 2.05) is 43.5 Å². The molecular weight excluding hydrogens is 338 g/mol. The molecule has 0 aliphatic heterocycles. The third-order valence-electron chi connectivity index (χ3n) is 5.45. The van der Waals surface area contributed by atoms with E-state index in [2.05, 4.69) is 20.9 Å². The van der Waals surface area contributed by atoms with Crippen LogP contribution in [0.3, 0.4) is 0 Å². The minimum absolute atomic E-state index is 0.0700. The maximum Gasteiger partial charge on any atom is 0.234 e. The van der Waals surface area contributed by atoms with Crippen LogP contribution in [-0.4, -0.2) is 31.8 Å². The average molecular weight is 363 g/mol. The molecule has 2 unspecified atom stereocenters. The molecule has 0 spiro atoms. The van der Waals surface area contributed by atoms with Gasteiger partial charge >= 0.3 is 0 Å². The topological polar surface area (TPSA) is 87.9 Å². The molecule has 0 bridgehead atoms. The van der Waals surface area contributed by atoms with Gasteiger partial charge in [-0.15, -0.1) is 0 Å². The number of nitrogens with two attached hydrogens (primary N) is 1. The number of pyridine rings is 1. The molecule has 1 aromatic carbocycles. The van der Waals surface area contributed by atoms with Gasteiger partial charge in [0.2, 0.25) is 5.91 Å². The van der Waals surface area contributed by atoms with Crippen LogP contribution in [0.25, 0.3) is 11.0 Å². The number of carbonyl (C=O) groups is 1. The molecule has 0 saturated heterocycles. The fraction of sp³-hybridized carbons (Fsp3) is 0.381. The molecule has 2 heterocycles. The van der Waals surface area contributed by atoms with E-state index < -0.39 is 0 Å². The minimum Gasteiger partial charge on any atom is -0.368 e. The summed E-state index contributed by atoms with van der Waals surface area (Å²) in [6.07, 6.45) is 5.57. The van der Waals surface area contributed by atoms with Gasteiger partial charge in [-0.05, 0) is 49.4 Å². The van der Waals surface area contributed by atoms with Gasteiger partial charge in [0.25, 0.3) is 0 Å². The number of nitrogens with one attached hydrogen (secondary N) is 1. The highest BCUT2D eigenvalue weighted by Gasteiger charge is 2.34. The number of primary amides is 1. The summed E-state index contributed by atoms with van der Waals surface area (Å²) in [6.45, 7) is 2.54. The molecule has 1 aliphatic rings. The van der Waals surface area contributed by atoms with Crippen molar-refractivity contribution in [2.75, 3.05) is 0 Å². The summed E-state index contributed by atoms with van der Waals surface area (Å²) in [4.78, 5) is 27.2. The number of hydrogen-bond donors (Lipinski definition) is 2. The molecule has 0 radical (unpaired) electrons. The Bertz CT molecular complexity index is 917. The van der Waals surface area contributed by atoms with Crippen LogP contribution in [0, 0.1) is 0 Å². The number of amides is 1. The fourth-order valence-electron chi connectivity index (χ4n) is 4.20. The van der Waals surface area contributed by atoms with Crippen LogP contribution in [0.4, 0.5) is 0 Å². The number of aromatic amines is 1. The Morgan fingerprint density at radius 1 is 1.33 bits per heavy atom. The number of aromatic nitrogens is 3. The zero-order valence-corrected chi connectivity index (χ0v) is 15.6. The average Bonchev–Trinajstić information content (AvgIpc) is 3.09. The van der Waals surface area contributed by atoms with E-state index in [1.165, 1.54) is 5.56 Å². The van der Waals surface area contributed by atoms with Crippen LogP contribution in [0.2, 0.25) is 0 Å². The first-order chi connectivity index (χ1) is 13.2. The number of aryl methyl sites for hydroxylation is 1. The Morgan fingerprint density at radius 3 is 2.96 bits per heavy atom. The van der Waals surface area contributed by atoms with E-state index in [-0.39, 0.29) is 18.0 Å². The van der Waals surface area contributed by atoms with Crippen molar-refractivity contribution >= 4 is 16.9 Å². The quantitative estimate of drug-likeness (QED) is 0.704. The smallest absolute Gasteiger partial charge is 0.234 e. The predicted molar refractivity (Wildman–Crippen MR) is 105 cm³/mol. The van der Waals surface area contributed by atoms with Crippen LogP contribution in [-0.2, 0) is 17.8 Å². The lowest BCUT2D eigenvalue weighted by atomic mass is 9.89. The summed E-state index contributed by atoms with van der Waals surface area (Å²) in [5.41, 5.74) is 10.0. The standard InChI is InChI=1S/C21H25N5O/c1-2-17(21(22)27)26(13-19-24-15-9-3-4-10-16(15)25-19)18-11-5-7-14-8-6-12-23-20(14)18/h3-4,6,8-10,12,17-18H,2,5,7,11,13H2,1H3,(H2,22,27)(H,24,25). The van der Waals surface area contributed by atoms with Crippen molar-refractivity contribution in [2.45, 2.75) is 51.2 Å². The van der Waals surface area contributed by atoms with Crippen LogP contribution < -0.4 is 5.73 Å². The van der Waals surface area contributed by atoms with E-state index in [1.54, 1.807) is 0 Å². The summed E-state index contributed by atoms with van der Waals surface area (Å²) in [5.74, 6) is 0.552. The van der Waals surface area contributed by atoms with Crippen LogP contribution >= 0.6 is 0 Å². The predicted octanol–water partition coefficient (Wildman–Crippen LogP) is 3.10. The highest BCUT2D eigenvalue weighted by molar-refractivity contribution is 5.80. The van der Waals surface area contributed by atoms with E-state index in [9.17, 15) is 4.79 Å². The zero-order valence-electron chi connectivity index (χ0n) is 15.6. The number of fused-ring (bicyclic) bond motifs is 2. The van der Waals surface area contributed by atoms with Crippen molar-refractivity contribution in [2.24, 2.45) is 5.73 Å². The molecule has 1 aliphatic carbocycles. The lowest BCUT2D eigenvalue weighted by Gasteiger charge is -2.38. The van der Waals surface area contributed by atoms with Crippen LogP contribution in [0.1, 0.15) is 49.3 Å². The Balaban J connectivity index is 1.72. The Morgan fingerprint density at radius 2 is 2.19 bits per heavy atom. The number of hydrogen-bond acceptors (Lipinski definition) is 4. The van der Waals surface area contributed by atoms with Crippen molar-refractivity contribution in [3.8, 4) is 0 Å². The zero-order chi connectivity index (χ0) is 18.8. The largest absolute Gasteiger partial charge is 0.368 e. The first-order valence-electron chi connectivity index (χ1n) is 9.60. The molecule has 27 heavy (non-hydrogen) atoms. The third kappa shape index (κ3) is 3.45. The van der Waals surface area contributed by atoms with Gasteiger partial charge in [-0.25, -0.2) is 4.98 Å². The summed E-state index contributed by atoms with van der Waals surface area (Å²) in [5, 5.41) is 0. The molecule has 2 aromatic heterocycles. The van der Waals surface area contributed by atoms with Gasteiger partial charge in [0.1, 0.15) is 5.82 Å². The molecule has 6 heteroatoms. The van der Waals surface area contributed by atoms with Gasteiger partial charge in [-0.1, -0.05) is 25.1 Å². The summed E-state index contributed by atoms with van der Waals surface area (Å²) in [7, 11) is 0. The van der Waals surface area contributed by atoms with Crippen molar-refractivity contribution in [3.63, 3.8) is 0 Å². The Kier molecular flexibility index (Phi) is 4.90. The fourth-order valence-corrected chi connectivity index (χ4v) is 4.20. The van der Waals surface area contributed by atoms with E-state index in [0.717, 1.165) is 41.8 Å². The maximum atomic E-state index is 12.2. The molecule has 3 N–H and O–H groups in total. The molecular formula is C21H25N5O. The van der Waals surface area contributed by atoms with Crippen molar-refractivity contribution in [1.29, 1.82) is 0 Å². The number of H-pyrrole nitrogens is 1. The first-order valence-corrected chi connectivity index (χ1v) is 9.60. The number of carbonyl (C=O) groups excluding carboxylic acids is 1. The maximum absolute atomic E-state index is 12.2. The first kappa shape index (κ1) is 17.7. The lowest BCUT2D eigenvalue weighted by Crippen LogP contribution is -2.47. The van der Waals surface area contributed by atoms with Crippen molar-refractivity contribution < 1.29 is 4.79 Å². The Labute approximate surface area is 158 Å². The normalized spacial score (nSPS) is 17.8. The number of para-hydroxylation sites is 2. The Hall–Kier alpha value is -2.73. The molecule has 3 aromatic rings. The van der Waals surface area contributed by atoms with Gasteiger partial charge in [0, 0.05) is 6.20 Å². The second kappa shape index (κ2) is 7.48. The summed E-state index contributed by atoms with van der Waals surface area (Å²) >= 11 is 0. The summed E-state index contributed by atoms with van der Waals surface area (Å²) < 4.78 is 0. The summed E-state index contributed by atoms with van der Waals surface area (Å²) in [6, 6.07) is 11.8.